The molecule has 0 amide bonds. The second-order valence-electron chi connectivity index (χ2n) is 6.36. The van der Waals surface area contributed by atoms with Gasteiger partial charge in [0.05, 0.1) is 5.69 Å². The van der Waals surface area contributed by atoms with Gasteiger partial charge in [-0.3, -0.25) is 9.59 Å². The Morgan fingerprint density at radius 2 is 2.05 bits per heavy atom. The number of hydrogen-bond acceptors (Lipinski definition) is 4. The number of nitrogens with zero attached hydrogens (tertiary/aromatic N) is 1. The number of carbonyl (C=O) groups excluding carboxylic acids is 2. The van der Waals surface area contributed by atoms with Gasteiger partial charge in [0.25, 0.3) is 0 Å². The van der Waals surface area contributed by atoms with Crippen LogP contribution >= 0.6 is 11.3 Å². The van der Waals surface area contributed by atoms with E-state index in [-0.39, 0.29) is 23.8 Å². The summed E-state index contributed by atoms with van der Waals surface area (Å²) in [6.07, 6.45) is 0.255. The standard InChI is InChI=1S/C17H16FNO2S/c1-9-4-5-10(6-11(9)18)12-8-22-16(19-12)14-13(20)7-17(2,3)15(14)21/h4-6,8,14H,7H2,1-3H3. The Kier molecular flexibility index (Phi) is 3.48. The fraction of sp³-hybridized carbons (Fsp3) is 0.353. The van der Waals surface area contributed by atoms with E-state index in [0.717, 1.165) is 0 Å². The summed E-state index contributed by atoms with van der Waals surface area (Å²) in [4.78, 5) is 28.9. The van der Waals surface area contributed by atoms with E-state index in [2.05, 4.69) is 4.98 Å². The Hall–Kier alpha value is -1.88. The van der Waals surface area contributed by atoms with Crippen LogP contribution in [-0.4, -0.2) is 16.6 Å². The molecule has 1 aromatic heterocycles. The van der Waals surface area contributed by atoms with Gasteiger partial charge in [0.15, 0.2) is 11.6 Å². The zero-order valence-corrected chi connectivity index (χ0v) is 13.5. The molecule has 1 atom stereocenters. The molecule has 0 radical (unpaired) electrons. The van der Waals surface area contributed by atoms with Crippen molar-refractivity contribution in [2.24, 2.45) is 5.41 Å². The van der Waals surface area contributed by atoms with Gasteiger partial charge in [0.1, 0.15) is 16.7 Å². The summed E-state index contributed by atoms with van der Waals surface area (Å²) in [6, 6.07) is 4.91. The Balaban J connectivity index is 1.96. The molecule has 3 rings (SSSR count). The molecule has 1 saturated carbocycles. The first-order chi connectivity index (χ1) is 10.3. The van der Waals surface area contributed by atoms with Crippen LogP contribution in [0.1, 0.15) is 36.8 Å². The zero-order valence-electron chi connectivity index (χ0n) is 12.6. The lowest BCUT2D eigenvalue weighted by Gasteiger charge is -2.13. The maximum Gasteiger partial charge on any atom is 0.156 e. The average Bonchev–Trinajstić information content (AvgIpc) is 2.97. The molecule has 22 heavy (non-hydrogen) atoms. The first kappa shape index (κ1) is 15.0. The summed E-state index contributed by atoms with van der Waals surface area (Å²) < 4.78 is 13.7. The number of hydrogen-bond donors (Lipinski definition) is 0. The van der Waals surface area contributed by atoms with Crippen molar-refractivity contribution in [1.82, 2.24) is 4.98 Å². The smallest absolute Gasteiger partial charge is 0.156 e. The molecule has 0 bridgehead atoms. The number of aromatic nitrogens is 1. The third kappa shape index (κ3) is 2.39. The zero-order chi connectivity index (χ0) is 16.1. The highest BCUT2D eigenvalue weighted by Crippen LogP contribution is 2.41. The minimum atomic E-state index is -0.760. The van der Waals surface area contributed by atoms with Crippen LogP contribution in [0.15, 0.2) is 23.6 Å². The Morgan fingerprint density at radius 1 is 1.32 bits per heavy atom. The van der Waals surface area contributed by atoms with Gasteiger partial charge >= 0.3 is 0 Å². The normalized spacial score (nSPS) is 20.6. The second-order valence-corrected chi connectivity index (χ2v) is 7.25. The van der Waals surface area contributed by atoms with Crippen LogP contribution in [-0.2, 0) is 9.59 Å². The van der Waals surface area contributed by atoms with Crippen molar-refractivity contribution in [2.75, 3.05) is 0 Å². The van der Waals surface area contributed by atoms with Crippen molar-refractivity contribution in [3.8, 4) is 11.3 Å². The molecular weight excluding hydrogens is 301 g/mol. The van der Waals surface area contributed by atoms with E-state index in [1.54, 1.807) is 38.3 Å². The lowest BCUT2D eigenvalue weighted by atomic mass is 9.89. The summed E-state index contributed by atoms with van der Waals surface area (Å²) in [5.74, 6) is -1.20. The van der Waals surface area contributed by atoms with Gasteiger partial charge in [-0.1, -0.05) is 26.0 Å². The highest BCUT2D eigenvalue weighted by Gasteiger charge is 2.48. The number of Topliss-reactive ketones (excluding diaryl/α,β-unsaturated/α-hetero) is 2. The Labute approximate surface area is 132 Å². The SMILES string of the molecule is Cc1ccc(-c2csc(C3C(=O)CC(C)(C)C3=O)n2)cc1F. The van der Waals surface area contributed by atoms with E-state index in [1.807, 2.05) is 0 Å². The summed E-state index contributed by atoms with van der Waals surface area (Å²) in [5.41, 5.74) is 1.21. The van der Waals surface area contributed by atoms with Crippen LogP contribution in [0.2, 0.25) is 0 Å². The molecule has 1 aromatic carbocycles. The molecule has 2 aromatic rings. The first-order valence-electron chi connectivity index (χ1n) is 7.08. The fourth-order valence-electron chi connectivity index (χ4n) is 2.72. The van der Waals surface area contributed by atoms with E-state index in [0.29, 0.717) is 21.8 Å². The van der Waals surface area contributed by atoms with Gasteiger partial charge < -0.3 is 0 Å². The van der Waals surface area contributed by atoms with E-state index >= 15 is 0 Å². The number of halogens is 1. The van der Waals surface area contributed by atoms with E-state index in [4.69, 9.17) is 0 Å². The molecule has 0 N–H and O–H groups in total. The van der Waals surface area contributed by atoms with Crippen LogP contribution < -0.4 is 0 Å². The monoisotopic (exact) mass is 317 g/mol. The molecule has 1 aliphatic carbocycles. The molecule has 1 unspecified atom stereocenters. The van der Waals surface area contributed by atoms with Gasteiger partial charge in [-0.05, 0) is 18.6 Å². The minimum absolute atomic E-state index is 0.0755. The number of thiazole rings is 1. The lowest BCUT2D eigenvalue weighted by molar-refractivity contribution is -0.126. The highest BCUT2D eigenvalue weighted by molar-refractivity contribution is 7.10. The summed E-state index contributed by atoms with van der Waals surface area (Å²) in [7, 11) is 0. The molecule has 0 saturated heterocycles. The minimum Gasteiger partial charge on any atom is -0.298 e. The van der Waals surface area contributed by atoms with E-state index in [9.17, 15) is 14.0 Å². The number of aryl methyl sites for hydroxylation is 1. The third-order valence-electron chi connectivity index (χ3n) is 4.10. The molecule has 1 fully saturated rings. The predicted molar refractivity (Wildman–Crippen MR) is 83.4 cm³/mol. The van der Waals surface area contributed by atoms with Gasteiger partial charge in [0, 0.05) is 22.8 Å². The number of carbonyl (C=O) groups is 2. The quantitative estimate of drug-likeness (QED) is 0.789. The maximum atomic E-state index is 13.7. The summed E-state index contributed by atoms with van der Waals surface area (Å²) in [5, 5.41) is 2.28. The molecule has 5 heteroatoms. The molecule has 3 nitrogen and oxygen atoms in total. The van der Waals surface area contributed by atoms with Crippen molar-refractivity contribution in [3.63, 3.8) is 0 Å². The molecule has 114 valence electrons. The third-order valence-corrected chi connectivity index (χ3v) is 5.01. The van der Waals surface area contributed by atoms with Crippen LogP contribution in [0.3, 0.4) is 0 Å². The fourth-order valence-corrected chi connectivity index (χ4v) is 3.66. The largest absolute Gasteiger partial charge is 0.298 e. The van der Waals surface area contributed by atoms with Crippen molar-refractivity contribution < 1.29 is 14.0 Å². The molecule has 0 spiro atoms. The van der Waals surface area contributed by atoms with Gasteiger partial charge in [-0.15, -0.1) is 11.3 Å². The van der Waals surface area contributed by atoms with Gasteiger partial charge in [0.2, 0.25) is 0 Å². The number of rotatable bonds is 2. The van der Waals surface area contributed by atoms with Crippen molar-refractivity contribution in [2.45, 2.75) is 33.1 Å². The van der Waals surface area contributed by atoms with E-state index in [1.165, 1.54) is 17.4 Å². The average molecular weight is 317 g/mol. The number of benzene rings is 1. The molecule has 1 heterocycles. The van der Waals surface area contributed by atoms with E-state index < -0.39 is 11.3 Å². The molecular formula is C17H16FNO2S. The van der Waals surface area contributed by atoms with Crippen LogP contribution in [0.4, 0.5) is 4.39 Å². The Morgan fingerprint density at radius 3 is 2.64 bits per heavy atom. The summed E-state index contributed by atoms with van der Waals surface area (Å²) >= 11 is 1.28. The second kappa shape index (κ2) is 5.09. The van der Waals surface area contributed by atoms with Crippen molar-refractivity contribution in [3.05, 3.63) is 40.0 Å². The van der Waals surface area contributed by atoms with Gasteiger partial charge in [-0.2, -0.15) is 0 Å². The number of ketones is 2. The molecule has 0 aliphatic heterocycles. The van der Waals surface area contributed by atoms with Gasteiger partial charge in [-0.25, -0.2) is 9.37 Å². The van der Waals surface area contributed by atoms with Crippen LogP contribution in [0, 0.1) is 18.2 Å². The van der Waals surface area contributed by atoms with Crippen LogP contribution in [0.25, 0.3) is 11.3 Å². The highest BCUT2D eigenvalue weighted by atomic mass is 32.1. The first-order valence-corrected chi connectivity index (χ1v) is 7.96. The lowest BCUT2D eigenvalue weighted by Crippen LogP contribution is -2.21. The Bertz CT molecular complexity index is 779. The molecule has 1 aliphatic rings. The van der Waals surface area contributed by atoms with Crippen molar-refractivity contribution in [1.29, 1.82) is 0 Å². The topological polar surface area (TPSA) is 47.0 Å². The maximum absolute atomic E-state index is 13.7. The predicted octanol–water partition coefficient (Wildman–Crippen LogP) is 3.91. The van der Waals surface area contributed by atoms with Crippen LogP contribution in [0.5, 0.6) is 0 Å². The summed E-state index contributed by atoms with van der Waals surface area (Å²) in [6.45, 7) is 5.28. The van der Waals surface area contributed by atoms with Crippen molar-refractivity contribution >= 4 is 22.9 Å².